The molecule has 0 fully saturated rings. The number of rotatable bonds is 10. The van der Waals surface area contributed by atoms with Gasteiger partial charge in [0.25, 0.3) is 11.8 Å². The molecule has 4 rings (SSSR count). The van der Waals surface area contributed by atoms with Crippen molar-refractivity contribution < 1.29 is 33.9 Å². The number of likely N-dealkylation sites (N-methyl/N-ethyl adjacent to an activating group) is 1. The van der Waals surface area contributed by atoms with Crippen molar-refractivity contribution in [2.24, 2.45) is 0 Å². The van der Waals surface area contributed by atoms with E-state index >= 15 is 0 Å². The van der Waals surface area contributed by atoms with Crippen LogP contribution in [0.5, 0.6) is 0 Å². The first kappa shape index (κ1) is 32.4. The van der Waals surface area contributed by atoms with Gasteiger partial charge in [0, 0.05) is 5.56 Å². The van der Waals surface area contributed by atoms with Gasteiger partial charge in [0.15, 0.2) is 0 Å². The zero-order chi connectivity index (χ0) is 31.5. The first-order valence-corrected chi connectivity index (χ1v) is 13.8. The Balaban J connectivity index is 0.00000248. The molecule has 3 aromatic rings. The van der Waals surface area contributed by atoms with Crippen molar-refractivity contribution in [3.8, 4) is 0 Å². The lowest BCUT2D eigenvalue weighted by molar-refractivity contribution is -0.139. The molecule has 0 saturated heterocycles. The highest BCUT2D eigenvalue weighted by Crippen LogP contribution is 2.33. The van der Waals surface area contributed by atoms with Crippen LogP contribution in [0.3, 0.4) is 0 Å². The molecular formula is C31H35N5O7. The largest absolute Gasteiger partial charge is 0.481 e. The van der Waals surface area contributed by atoms with Crippen molar-refractivity contribution in [2.75, 3.05) is 36.5 Å². The third-order valence-electron chi connectivity index (χ3n) is 6.57. The molecular weight excluding hydrogens is 554 g/mol. The Bertz CT molecular complexity index is 1500. The van der Waals surface area contributed by atoms with Crippen LogP contribution in [0.1, 0.15) is 30.6 Å². The zero-order valence-electron chi connectivity index (χ0n) is 24.2. The SMILES string of the molecule is CC.CNCC(=O)N1CC(NC(=O)c2cccc3ccccc23)C(=O)N(CC(=O)NC(C=O)CC(=O)O)c2ccccc21. The number of fused-ring (bicyclic) bond motifs is 2. The van der Waals surface area contributed by atoms with Gasteiger partial charge in [-0.3, -0.25) is 28.9 Å². The summed E-state index contributed by atoms with van der Waals surface area (Å²) in [6, 6.07) is 16.4. The molecule has 0 spiro atoms. The van der Waals surface area contributed by atoms with E-state index in [0.29, 0.717) is 22.9 Å². The molecule has 0 bridgehead atoms. The summed E-state index contributed by atoms with van der Waals surface area (Å²) in [4.78, 5) is 78.4. The van der Waals surface area contributed by atoms with Gasteiger partial charge in [0.2, 0.25) is 11.8 Å². The number of para-hydroxylation sites is 2. The van der Waals surface area contributed by atoms with E-state index in [9.17, 15) is 28.8 Å². The normalized spacial score (nSPS) is 14.9. The minimum absolute atomic E-state index is 0.0524. The average molecular weight is 590 g/mol. The summed E-state index contributed by atoms with van der Waals surface area (Å²) in [5.74, 6) is -3.65. The van der Waals surface area contributed by atoms with Crippen molar-refractivity contribution in [2.45, 2.75) is 32.4 Å². The number of amides is 4. The maximum absolute atomic E-state index is 13.9. The summed E-state index contributed by atoms with van der Waals surface area (Å²) in [7, 11) is 1.60. The van der Waals surface area contributed by atoms with Crippen molar-refractivity contribution in [3.63, 3.8) is 0 Å². The van der Waals surface area contributed by atoms with Crippen molar-refractivity contribution in [3.05, 3.63) is 72.3 Å². The molecule has 12 nitrogen and oxygen atoms in total. The van der Waals surface area contributed by atoms with Crippen LogP contribution >= 0.6 is 0 Å². The quantitative estimate of drug-likeness (QED) is 0.260. The summed E-state index contributed by atoms with van der Waals surface area (Å²) >= 11 is 0. The number of aldehydes is 1. The fourth-order valence-corrected chi connectivity index (χ4v) is 4.72. The fraction of sp³-hybridized carbons (Fsp3) is 0.290. The first-order valence-electron chi connectivity index (χ1n) is 13.8. The van der Waals surface area contributed by atoms with E-state index in [4.69, 9.17) is 5.11 Å². The predicted octanol–water partition coefficient (Wildman–Crippen LogP) is 1.72. The highest BCUT2D eigenvalue weighted by atomic mass is 16.4. The van der Waals surface area contributed by atoms with Gasteiger partial charge >= 0.3 is 5.97 Å². The Kier molecular flexibility index (Phi) is 11.5. The highest BCUT2D eigenvalue weighted by Gasteiger charge is 2.38. The maximum Gasteiger partial charge on any atom is 0.305 e. The minimum Gasteiger partial charge on any atom is -0.481 e. The molecule has 1 heterocycles. The molecule has 2 unspecified atom stereocenters. The van der Waals surface area contributed by atoms with Gasteiger partial charge < -0.3 is 30.8 Å². The molecule has 43 heavy (non-hydrogen) atoms. The number of hydrogen-bond acceptors (Lipinski definition) is 7. The first-order chi connectivity index (χ1) is 20.7. The number of carbonyl (C=O) groups excluding carboxylic acids is 5. The second kappa shape index (κ2) is 15.2. The lowest BCUT2D eigenvalue weighted by atomic mass is 10.0. The molecule has 1 aliphatic rings. The summed E-state index contributed by atoms with van der Waals surface area (Å²) in [5.41, 5.74) is 0.908. The van der Waals surface area contributed by atoms with E-state index in [2.05, 4.69) is 16.0 Å². The number of aliphatic carboxylic acids is 1. The molecule has 12 heteroatoms. The van der Waals surface area contributed by atoms with E-state index in [1.54, 1.807) is 55.6 Å². The molecule has 4 amide bonds. The number of carbonyl (C=O) groups is 6. The number of anilines is 2. The summed E-state index contributed by atoms with van der Waals surface area (Å²) < 4.78 is 0. The maximum atomic E-state index is 13.9. The van der Waals surface area contributed by atoms with Gasteiger partial charge in [0.05, 0.1) is 36.9 Å². The van der Waals surface area contributed by atoms with Gasteiger partial charge in [-0.2, -0.15) is 0 Å². The van der Waals surface area contributed by atoms with Crippen molar-refractivity contribution >= 4 is 58.0 Å². The number of carboxylic acid groups (broad SMARTS) is 1. The van der Waals surface area contributed by atoms with Crippen LogP contribution in [-0.2, 0) is 24.0 Å². The van der Waals surface area contributed by atoms with Gasteiger partial charge in [-0.25, -0.2) is 0 Å². The second-order valence-corrected chi connectivity index (χ2v) is 9.41. The Morgan fingerprint density at radius 3 is 2.30 bits per heavy atom. The number of nitrogens with zero attached hydrogens (tertiary/aromatic N) is 2. The van der Waals surface area contributed by atoms with Crippen LogP contribution in [0.25, 0.3) is 10.8 Å². The molecule has 2 atom stereocenters. The van der Waals surface area contributed by atoms with E-state index in [-0.39, 0.29) is 24.7 Å². The van der Waals surface area contributed by atoms with E-state index in [1.165, 1.54) is 4.90 Å². The van der Waals surface area contributed by atoms with Crippen LogP contribution in [-0.4, -0.2) is 79.8 Å². The third-order valence-corrected chi connectivity index (χ3v) is 6.57. The summed E-state index contributed by atoms with van der Waals surface area (Å²) in [5, 5.41) is 18.4. The summed E-state index contributed by atoms with van der Waals surface area (Å²) in [6.07, 6.45) is -0.328. The van der Waals surface area contributed by atoms with Crippen LogP contribution in [0.2, 0.25) is 0 Å². The Labute approximate surface area is 249 Å². The number of hydrogen-bond donors (Lipinski definition) is 4. The standard InChI is InChI=1S/C29H29N5O7.C2H6/c1-30-14-26(37)33-15-22(32-28(40)21-10-6-8-18-7-2-3-9-20(18)21)29(41)34(24-12-5-4-11-23(24)33)16-25(36)31-19(17-35)13-27(38)39;1-2/h2-12,17,19,22,30H,13-16H2,1H3,(H,31,36)(H,32,40)(H,38,39);1-2H3. The van der Waals surface area contributed by atoms with E-state index in [1.807, 2.05) is 32.0 Å². The average Bonchev–Trinajstić information content (AvgIpc) is 3.12. The molecule has 0 aliphatic carbocycles. The smallest absolute Gasteiger partial charge is 0.305 e. The molecule has 0 radical (unpaired) electrons. The highest BCUT2D eigenvalue weighted by molar-refractivity contribution is 6.13. The lowest BCUT2D eigenvalue weighted by Crippen LogP contribution is -2.55. The third kappa shape index (κ3) is 7.80. The zero-order valence-corrected chi connectivity index (χ0v) is 24.2. The Morgan fingerprint density at radius 2 is 1.63 bits per heavy atom. The second-order valence-electron chi connectivity index (χ2n) is 9.41. The van der Waals surface area contributed by atoms with Crippen molar-refractivity contribution in [1.82, 2.24) is 16.0 Å². The van der Waals surface area contributed by atoms with E-state index < -0.39 is 48.7 Å². The minimum atomic E-state index is -1.30. The molecule has 3 aromatic carbocycles. The van der Waals surface area contributed by atoms with Crippen LogP contribution in [0.15, 0.2) is 66.7 Å². The van der Waals surface area contributed by atoms with Crippen LogP contribution in [0.4, 0.5) is 11.4 Å². The molecule has 1 aliphatic heterocycles. The monoisotopic (exact) mass is 589 g/mol. The van der Waals surface area contributed by atoms with Gasteiger partial charge in [-0.05, 0) is 36.0 Å². The van der Waals surface area contributed by atoms with Crippen LogP contribution in [0, 0.1) is 0 Å². The summed E-state index contributed by atoms with van der Waals surface area (Å²) in [6.45, 7) is 3.15. The predicted molar refractivity (Wildman–Crippen MR) is 162 cm³/mol. The molecule has 226 valence electrons. The van der Waals surface area contributed by atoms with Crippen LogP contribution < -0.4 is 25.8 Å². The van der Waals surface area contributed by atoms with Crippen molar-refractivity contribution in [1.29, 1.82) is 0 Å². The van der Waals surface area contributed by atoms with E-state index in [0.717, 1.165) is 10.3 Å². The lowest BCUT2D eigenvalue weighted by Gasteiger charge is -2.25. The number of carboxylic acids is 1. The Morgan fingerprint density at radius 1 is 0.977 bits per heavy atom. The fourth-order valence-electron chi connectivity index (χ4n) is 4.72. The Hall–Kier alpha value is -5.10. The molecule has 4 N–H and O–H groups in total. The number of benzene rings is 3. The molecule has 0 aromatic heterocycles. The van der Waals surface area contributed by atoms with Gasteiger partial charge in [-0.1, -0.05) is 62.4 Å². The topological polar surface area (TPSA) is 165 Å². The number of nitrogens with one attached hydrogen (secondary N) is 3. The van der Waals surface area contributed by atoms with Gasteiger partial charge in [0.1, 0.15) is 18.9 Å². The van der Waals surface area contributed by atoms with Gasteiger partial charge in [-0.15, -0.1) is 0 Å². The molecule has 0 saturated carbocycles.